The van der Waals surface area contributed by atoms with E-state index in [0.717, 1.165) is 0 Å². The lowest BCUT2D eigenvalue weighted by Gasteiger charge is -2.14. The SMILES string of the molecule is CC(C(=O)Nc1ccccc1[N+](=O)[O-])c1cccc(C(=O)c2ccccc2)c1. The molecule has 1 N–H and O–H groups in total. The zero-order valence-electron chi connectivity index (χ0n) is 15.2. The predicted octanol–water partition coefficient (Wildman–Crippen LogP) is 4.57. The molecule has 6 heteroatoms. The van der Waals surface area contributed by atoms with Gasteiger partial charge in [-0.1, -0.05) is 60.7 Å². The zero-order valence-corrected chi connectivity index (χ0v) is 15.2. The van der Waals surface area contributed by atoms with E-state index in [1.807, 2.05) is 6.07 Å². The summed E-state index contributed by atoms with van der Waals surface area (Å²) in [7, 11) is 0. The van der Waals surface area contributed by atoms with Crippen LogP contribution in [-0.2, 0) is 4.79 Å². The minimum absolute atomic E-state index is 0.131. The summed E-state index contributed by atoms with van der Waals surface area (Å²) < 4.78 is 0. The molecular formula is C22H18N2O4. The standard InChI is InChI=1S/C22H18N2O4/c1-15(22(26)23-19-12-5-6-13-20(19)24(27)28)17-10-7-11-18(14-17)21(25)16-8-3-2-4-9-16/h2-15H,1H3,(H,23,26). The summed E-state index contributed by atoms with van der Waals surface area (Å²) in [4.78, 5) is 35.8. The summed E-state index contributed by atoms with van der Waals surface area (Å²) in [6, 6.07) is 21.7. The Morgan fingerprint density at radius 3 is 2.25 bits per heavy atom. The summed E-state index contributed by atoms with van der Waals surface area (Å²) >= 11 is 0. The Bertz CT molecular complexity index is 1030. The molecule has 0 spiro atoms. The molecule has 28 heavy (non-hydrogen) atoms. The topological polar surface area (TPSA) is 89.3 Å². The molecule has 0 aliphatic heterocycles. The van der Waals surface area contributed by atoms with Crippen LogP contribution in [0.5, 0.6) is 0 Å². The van der Waals surface area contributed by atoms with Crippen molar-refractivity contribution in [2.75, 3.05) is 5.32 Å². The summed E-state index contributed by atoms with van der Waals surface area (Å²) in [6.45, 7) is 1.69. The van der Waals surface area contributed by atoms with Crippen molar-refractivity contribution < 1.29 is 14.5 Å². The highest BCUT2D eigenvalue weighted by Gasteiger charge is 2.21. The molecular weight excluding hydrogens is 356 g/mol. The number of para-hydroxylation sites is 2. The second-order valence-electron chi connectivity index (χ2n) is 6.31. The normalized spacial score (nSPS) is 11.5. The molecule has 3 aromatic carbocycles. The molecule has 3 rings (SSSR count). The van der Waals surface area contributed by atoms with Crippen molar-refractivity contribution >= 4 is 23.1 Å². The summed E-state index contributed by atoms with van der Waals surface area (Å²) in [5.41, 5.74) is 1.67. The molecule has 0 saturated heterocycles. The third-order valence-electron chi connectivity index (χ3n) is 4.44. The lowest BCUT2D eigenvalue weighted by Crippen LogP contribution is -2.19. The molecule has 0 fully saturated rings. The number of hydrogen-bond donors (Lipinski definition) is 1. The molecule has 0 aliphatic rings. The highest BCUT2D eigenvalue weighted by molar-refractivity contribution is 6.09. The number of carbonyl (C=O) groups excluding carboxylic acids is 2. The van der Waals surface area contributed by atoms with Crippen molar-refractivity contribution in [3.8, 4) is 0 Å². The van der Waals surface area contributed by atoms with E-state index in [-0.39, 0.29) is 17.2 Å². The highest BCUT2D eigenvalue weighted by atomic mass is 16.6. The van der Waals surface area contributed by atoms with Gasteiger partial charge >= 0.3 is 0 Å². The number of benzene rings is 3. The second-order valence-corrected chi connectivity index (χ2v) is 6.31. The number of rotatable bonds is 6. The first-order valence-electron chi connectivity index (χ1n) is 8.71. The average molecular weight is 374 g/mol. The van der Waals surface area contributed by atoms with Crippen LogP contribution in [0.4, 0.5) is 11.4 Å². The molecule has 0 aliphatic carbocycles. The maximum absolute atomic E-state index is 12.6. The van der Waals surface area contributed by atoms with E-state index in [2.05, 4.69) is 5.32 Å². The first kappa shape index (κ1) is 19.0. The van der Waals surface area contributed by atoms with Crippen molar-refractivity contribution in [1.82, 2.24) is 0 Å². The van der Waals surface area contributed by atoms with Gasteiger partial charge < -0.3 is 5.32 Å². The number of nitro groups is 1. The number of nitro benzene ring substituents is 1. The largest absolute Gasteiger partial charge is 0.320 e. The van der Waals surface area contributed by atoms with Crippen molar-refractivity contribution in [2.45, 2.75) is 12.8 Å². The van der Waals surface area contributed by atoms with Gasteiger partial charge in [0.25, 0.3) is 5.69 Å². The molecule has 0 bridgehead atoms. The van der Waals surface area contributed by atoms with Gasteiger partial charge in [-0.3, -0.25) is 19.7 Å². The predicted molar refractivity (Wildman–Crippen MR) is 106 cm³/mol. The highest BCUT2D eigenvalue weighted by Crippen LogP contribution is 2.26. The van der Waals surface area contributed by atoms with Crippen molar-refractivity contribution in [3.63, 3.8) is 0 Å². The number of ketones is 1. The first-order valence-corrected chi connectivity index (χ1v) is 8.71. The van der Waals surface area contributed by atoms with Crippen molar-refractivity contribution in [3.05, 3.63) is 106 Å². The van der Waals surface area contributed by atoms with Crippen molar-refractivity contribution in [1.29, 1.82) is 0 Å². The van der Waals surface area contributed by atoms with Crippen LogP contribution in [0.3, 0.4) is 0 Å². The van der Waals surface area contributed by atoms with Gasteiger partial charge in [0.1, 0.15) is 5.69 Å². The Kier molecular flexibility index (Phi) is 5.60. The lowest BCUT2D eigenvalue weighted by molar-refractivity contribution is -0.383. The van der Waals surface area contributed by atoms with Gasteiger partial charge in [-0.15, -0.1) is 0 Å². The molecule has 0 saturated carbocycles. The van der Waals surface area contributed by atoms with E-state index in [1.165, 1.54) is 18.2 Å². The van der Waals surface area contributed by atoms with Crippen LogP contribution in [0.15, 0.2) is 78.9 Å². The molecule has 0 radical (unpaired) electrons. The minimum atomic E-state index is -0.594. The molecule has 6 nitrogen and oxygen atoms in total. The van der Waals surface area contributed by atoms with E-state index < -0.39 is 16.7 Å². The first-order chi connectivity index (χ1) is 13.5. The Morgan fingerprint density at radius 1 is 0.893 bits per heavy atom. The molecule has 140 valence electrons. The summed E-state index contributed by atoms with van der Waals surface area (Å²) in [5, 5.41) is 13.7. The van der Waals surface area contributed by atoms with Crippen LogP contribution >= 0.6 is 0 Å². The lowest BCUT2D eigenvalue weighted by atomic mass is 9.95. The van der Waals surface area contributed by atoms with Gasteiger partial charge in [0.05, 0.1) is 10.8 Å². The summed E-state index contributed by atoms with van der Waals surface area (Å²) in [6.07, 6.45) is 0. The maximum Gasteiger partial charge on any atom is 0.292 e. The fourth-order valence-electron chi connectivity index (χ4n) is 2.84. The van der Waals surface area contributed by atoms with Gasteiger partial charge in [-0.25, -0.2) is 0 Å². The van der Waals surface area contributed by atoms with Crippen LogP contribution in [0.25, 0.3) is 0 Å². The third kappa shape index (κ3) is 4.12. The molecule has 1 atom stereocenters. The van der Waals surface area contributed by atoms with E-state index in [0.29, 0.717) is 16.7 Å². The van der Waals surface area contributed by atoms with Gasteiger partial charge in [-0.05, 0) is 24.6 Å². The zero-order chi connectivity index (χ0) is 20.1. The second kappa shape index (κ2) is 8.26. The van der Waals surface area contributed by atoms with Gasteiger partial charge in [0, 0.05) is 17.2 Å². The molecule has 0 aromatic heterocycles. The number of nitrogens with one attached hydrogen (secondary N) is 1. The Labute approximate surface area is 162 Å². The third-order valence-corrected chi connectivity index (χ3v) is 4.44. The maximum atomic E-state index is 12.6. The van der Waals surface area contributed by atoms with Crippen LogP contribution in [0.1, 0.15) is 34.3 Å². The Morgan fingerprint density at radius 2 is 1.54 bits per heavy atom. The fraction of sp³-hybridized carbons (Fsp3) is 0.0909. The van der Waals surface area contributed by atoms with E-state index in [1.54, 1.807) is 61.5 Å². The molecule has 1 amide bonds. The van der Waals surface area contributed by atoms with Crippen LogP contribution in [-0.4, -0.2) is 16.6 Å². The van der Waals surface area contributed by atoms with Crippen molar-refractivity contribution in [2.24, 2.45) is 0 Å². The van der Waals surface area contributed by atoms with Gasteiger partial charge in [-0.2, -0.15) is 0 Å². The van der Waals surface area contributed by atoms with Crippen LogP contribution in [0, 0.1) is 10.1 Å². The number of anilines is 1. The Hall–Kier alpha value is -3.80. The number of hydrogen-bond acceptors (Lipinski definition) is 4. The fourth-order valence-corrected chi connectivity index (χ4v) is 2.84. The Balaban J connectivity index is 1.81. The van der Waals surface area contributed by atoms with Crippen LogP contribution in [0.2, 0.25) is 0 Å². The van der Waals surface area contributed by atoms with Gasteiger partial charge in [0.15, 0.2) is 5.78 Å². The molecule has 3 aromatic rings. The minimum Gasteiger partial charge on any atom is -0.320 e. The van der Waals surface area contributed by atoms with E-state index >= 15 is 0 Å². The smallest absolute Gasteiger partial charge is 0.292 e. The molecule has 1 unspecified atom stereocenters. The summed E-state index contributed by atoms with van der Waals surface area (Å²) in [5.74, 6) is -1.12. The molecule has 0 heterocycles. The van der Waals surface area contributed by atoms with Gasteiger partial charge in [0.2, 0.25) is 5.91 Å². The number of amides is 1. The number of nitrogens with zero attached hydrogens (tertiary/aromatic N) is 1. The monoisotopic (exact) mass is 374 g/mol. The van der Waals surface area contributed by atoms with E-state index in [9.17, 15) is 19.7 Å². The van der Waals surface area contributed by atoms with E-state index in [4.69, 9.17) is 0 Å². The number of carbonyl (C=O) groups is 2. The van der Waals surface area contributed by atoms with Crippen LogP contribution < -0.4 is 5.32 Å². The quantitative estimate of drug-likeness (QED) is 0.389. The average Bonchev–Trinajstić information content (AvgIpc) is 2.73.